The molecule has 172 valence electrons. The Morgan fingerprint density at radius 3 is 2.78 bits per heavy atom. The molecular weight excluding hydrogens is 404 g/mol. The van der Waals surface area contributed by atoms with E-state index >= 15 is 0 Å². The fourth-order valence-corrected chi connectivity index (χ4v) is 4.69. The fourth-order valence-electron chi connectivity index (χ4n) is 4.69. The Morgan fingerprint density at radius 2 is 2.03 bits per heavy atom. The van der Waals surface area contributed by atoms with Crippen LogP contribution in [0.2, 0.25) is 0 Å². The Hall–Kier alpha value is -2.51. The molecule has 3 heterocycles. The molecule has 0 radical (unpaired) electrons. The third-order valence-electron chi connectivity index (χ3n) is 6.32. The van der Waals surface area contributed by atoms with Crippen molar-refractivity contribution in [2.45, 2.75) is 65.2 Å². The van der Waals surface area contributed by atoms with Crippen molar-refractivity contribution in [3.05, 3.63) is 46.4 Å². The summed E-state index contributed by atoms with van der Waals surface area (Å²) in [7, 11) is 3.53. The van der Waals surface area contributed by atoms with Crippen molar-refractivity contribution < 1.29 is 14.3 Å². The molecular formula is C25H34N4O3. The molecule has 32 heavy (non-hydrogen) atoms. The quantitative estimate of drug-likeness (QED) is 0.658. The molecule has 0 spiro atoms. The summed E-state index contributed by atoms with van der Waals surface area (Å²) in [6, 6.07) is 6.39. The first-order valence-electron chi connectivity index (χ1n) is 11.5. The van der Waals surface area contributed by atoms with Gasteiger partial charge < -0.3 is 9.47 Å². The van der Waals surface area contributed by atoms with E-state index in [1.807, 2.05) is 27.8 Å². The number of benzene rings is 1. The van der Waals surface area contributed by atoms with Crippen LogP contribution >= 0.6 is 0 Å². The molecule has 4 rings (SSSR count). The van der Waals surface area contributed by atoms with Gasteiger partial charge >= 0.3 is 0 Å². The van der Waals surface area contributed by atoms with Gasteiger partial charge in [-0.15, -0.1) is 0 Å². The molecule has 0 aliphatic carbocycles. The van der Waals surface area contributed by atoms with Gasteiger partial charge in [-0.1, -0.05) is 6.07 Å². The van der Waals surface area contributed by atoms with Crippen LogP contribution < -0.4 is 9.64 Å². The molecule has 2 aliphatic heterocycles. The van der Waals surface area contributed by atoms with E-state index in [-0.39, 0.29) is 17.9 Å². The topological polar surface area (TPSA) is 67.8 Å². The van der Waals surface area contributed by atoms with Crippen LogP contribution in [0.5, 0.6) is 5.75 Å². The Bertz CT molecular complexity index is 991. The minimum absolute atomic E-state index is 0.130. The Labute approximate surface area is 190 Å². The van der Waals surface area contributed by atoms with Crippen LogP contribution in [0.15, 0.2) is 18.2 Å². The van der Waals surface area contributed by atoms with Crippen molar-refractivity contribution in [3.63, 3.8) is 0 Å². The van der Waals surface area contributed by atoms with Crippen molar-refractivity contribution in [2.24, 2.45) is 0 Å². The first-order valence-corrected chi connectivity index (χ1v) is 11.5. The van der Waals surface area contributed by atoms with E-state index in [1.54, 1.807) is 12.0 Å². The number of carbonyl (C=O) groups excluding carboxylic acids is 1. The molecule has 2 aromatic rings. The molecule has 1 amide bonds. The minimum Gasteiger partial charge on any atom is -0.491 e. The van der Waals surface area contributed by atoms with Crippen molar-refractivity contribution in [2.75, 3.05) is 32.1 Å². The lowest BCUT2D eigenvalue weighted by Crippen LogP contribution is -2.33. The largest absolute Gasteiger partial charge is 0.491 e. The number of hydrogen-bond acceptors (Lipinski definition) is 6. The fraction of sp³-hybridized carbons (Fsp3) is 0.560. The summed E-state index contributed by atoms with van der Waals surface area (Å²) in [5.41, 5.74) is 4.45. The highest BCUT2D eigenvalue weighted by atomic mass is 16.5. The molecule has 2 aliphatic rings. The van der Waals surface area contributed by atoms with Gasteiger partial charge in [-0.3, -0.25) is 14.6 Å². The van der Waals surface area contributed by atoms with Crippen LogP contribution in [0.4, 0.5) is 5.82 Å². The lowest BCUT2D eigenvalue weighted by Gasteiger charge is -2.26. The highest BCUT2D eigenvalue weighted by molar-refractivity contribution is 5.94. The number of hydrogen-bond donors (Lipinski definition) is 0. The van der Waals surface area contributed by atoms with E-state index in [0.717, 1.165) is 66.7 Å². The average molecular weight is 439 g/mol. The van der Waals surface area contributed by atoms with E-state index < -0.39 is 0 Å². The second-order valence-corrected chi connectivity index (χ2v) is 9.18. The maximum absolute atomic E-state index is 12.2. The van der Waals surface area contributed by atoms with E-state index in [0.29, 0.717) is 13.0 Å². The number of likely N-dealkylation sites (tertiary alicyclic amines) is 1. The van der Waals surface area contributed by atoms with Crippen LogP contribution in [0.25, 0.3) is 0 Å². The summed E-state index contributed by atoms with van der Waals surface area (Å²) in [6.07, 6.45) is 2.43. The van der Waals surface area contributed by atoms with Gasteiger partial charge in [0.05, 0.1) is 12.7 Å². The molecule has 0 unspecified atom stereocenters. The van der Waals surface area contributed by atoms with Crippen molar-refractivity contribution >= 4 is 11.7 Å². The number of fused-ring (bicyclic) bond motifs is 1. The third kappa shape index (κ3) is 4.79. The van der Waals surface area contributed by atoms with E-state index in [4.69, 9.17) is 19.4 Å². The van der Waals surface area contributed by atoms with Crippen LogP contribution in [-0.4, -0.2) is 54.1 Å². The van der Waals surface area contributed by atoms with Crippen molar-refractivity contribution in [1.82, 2.24) is 14.9 Å². The number of methoxy groups -OCH3 is 1. The maximum atomic E-state index is 12.2. The van der Waals surface area contributed by atoms with Crippen LogP contribution in [0, 0.1) is 6.92 Å². The molecule has 7 nitrogen and oxygen atoms in total. The Morgan fingerprint density at radius 1 is 1.22 bits per heavy atom. The summed E-state index contributed by atoms with van der Waals surface area (Å²) >= 11 is 0. The second kappa shape index (κ2) is 9.55. The average Bonchev–Trinajstić information content (AvgIpc) is 3.21. The van der Waals surface area contributed by atoms with Gasteiger partial charge in [-0.2, -0.15) is 0 Å². The van der Waals surface area contributed by atoms with E-state index in [2.05, 4.69) is 23.1 Å². The third-order valence-corrected chi connectivity index (χ3v) is 6.32. The minimum atomic E-state index is 0.130. The number of amides is 1. The van der Waals surface area contributed by atoms with Crippen molar-refractivity contribution in [1.29, 1.82) is 0 Å². The smallest absolute Gasteiger partial charge is 0.228 e. The zero-order valence-electron chi connectivity index (χ0n) is 19.9. The summed E-state index contributed by atoms with van der Waals surface area (Å²) in [6.45, 7) is 9.44. The number of ether oxygens (including phenoxy) is 2. The van der Waals surface area contributed by atoms with Gasteiger partial charge in [-0.25, -0.2) is 9.97 Å². The maximum Gasteiger partial charge on any atom is 0.228 e. The zero-order valence-corrected chi connectivity index (χ0v) is 19.9. The molecule has 1 aromatic carbocycles. The van der Waals surface area contributed by atoms with Crippen LogP contribution in [-0.2, 0) is 29.1 Å². The molecule has 1 fully saturated rings. The lowest BCUT2D eigenvalue weighted by molar-refractivity contribution is -0.118. The first-order chi connectivity index (χ1) is 15.4. The molecule has 1 saturated heterocycles. The number of rotatable bonds is 7. The van der Waals surface area contributed by atoms with Crippen LogP contribution in [0.1, 0.15) is 60.8 Å². The molecule has 7 heteroatoms. The van der Waals surface area contributed by atoms with Gasteiger partial charge in [0.15, 0.2) is 0 Å². The van der Waals surface area contributed by atoms with Gasteiger partial charge in [0.1, 0.15) is 17.4 Å². The number of nitrogens with zero attached hydrogens (tertiary/aromatic N) is 4. The summed E-state index contributed by atoms with van der Waals surface area (Å²) in [5.74, 6) is 2.97. The van der Waals surface area contributed by atoms with Gasteiger partial charge in [-0.05, 0) is 57.9 Å². The van der Waals surface area contributed by atoms with E-state index in [9.17, 15) is 4.79 Å². The lowest BCUT2D eigenvalue weighted by atomic mass is 10.0. The van der Waals surface area contributed by atoms with Gasteiger partial charge in [0.25, 0.3) is 0 Å². The molecule has 0 N–H and O–H groups in total. The number of aryl methyl sites for hydroxylation is 1. The monoisotopic (exact) mass is 438 g/mol. The second-order valence-electron chi connectivity index (χ2n) is 9.18. The number of carbonyl (C=O) groups is 1. The Kier molecular flexibility index (Phi) is 6.76. The summed E-state index contributed by atoms with van der Waals surface area (Å²) < 4.78 is 11.3. The molecule has 0 bridgehead atoms. The van der Waals surface area contributed by atoms with Gasteiger partial charge in [0, 0.05) is 56.4 Å². The molecule has 0 saturated carbocycles. The Balaban J connectivity index is 1.47. The highest BCUT2D eigenvalue weighted by Crippen LogP contribution is 2.32. The van der Waals surface area contributed by atoms with E-state index in [1.165, 1.54) is 5.56 Å². The predicted molar refractivity (Wildman–Crippen MR) is 124 cm³/mol. The number of aromatic nitrogens is 2. The van der Waals surface area contributed by atoms with Crippen molar-refractivity contribution in [3.8, 4) is 5.75 Å². The van der Waals surface area contributed by atoms with Gasteiger partial charge in [0.2, 0.25) is 5.91 Å². The highest BCUT2D eigenvalue weighted by Gasteiger charge is 2.30. The van der Waals surface area contributed by atoms with Crippen LogP contribution in [0.3, 0.4) is 0 Å². The summed E-state index contributed by atoms with van der Waals surface area (Å²) in [4.78, 5) is 26.0. The SMILES string of the molecule is COCc1cc(CN2CC[C@H](c3nc(C)c4c(n3)N(C)C(=O)CC4)C2)ccc1OC(C)C. The normalized spacial score (nSPS) is 19.0. The zero-order chi connectivity index (χ0) is 22.8. The molecule has 1 aromatic heterocycles. The number of anilines is 1. The summed E-state index contributed by atoms with van der Waals surface area (Å²) in [5, 5.41) is 0. The standard InChI is InChI=1S/C25H34N4O3/c1-16(2)32-22-8-6-18(12-20(22)15-31-5)13-29-11-10-19(14-29)24-26-17(3)21-7-9-23(30)28(4)25(21)27-24/h6,8,12,16,19H,7,9-11,13-15H2,1-5H3/t19-/m0/s1. The first kappa shape index (κ1) is 22.7. The predicted octanol–water partition coefficient (Wildman–Crippen LogP) is 3.62. The molecule has 1 atom stereocenters.